The van der Waals surface area contributed by atoms with Crippen LogP contribution in [0.4, 0.5) is 13.2 Å². The molecule has 0 aliphatic heterocycles. The second-order valence-electron chi connectivity index (χ2n) is 3.77. The van der Waals surface area contributed by atoms with Crippen molar-refractivity contribution >= 4 is 11.3 Å². The average Bonchev–Trinajstić information content (AvgIpc) is 2.88. The lowest BCUT2D eigenvalue weighted by Gasteiger charge is -2.18. The van der Waals surface area contributed by atoms with Gasteiger partial charge in [0.1, 0.15) is 0 Å². The maximum atomic E-state index is 13.8. The first kappa shape index (κ1) is 13.1. The van der Waals surface area contributed by atoms with Crippen molar-refractivity contribution in [3.63, 3.8) is 0 Å². The molecule has 2 aromatic rings. The summed E-state index contributed by atoms with van der Waals surface area (Å²) in [6.45, 7) is 2.47. The molecule has 0 fully saturated rings. The zero-order chi connectivity index (χ0) is 13.1. The molecule has 1 nitrogen and oxygen atoms in total. The number of thiophene rings is 1. The second kappa shape index (κ2) is 5.54. The standard InChI is InChI=1S/C13H12F3NS/c1-2-17-13(10-4-3-7-18-10)8-5-6-9(14)12(16)11(8)15/h3-7,13,17H,2H2,1H3. The lowest BCUT2D eigenvalue weighted by atomic mass is 10.0. The molecule has 1 aromatic heterocycles. The van der Waals surface area contributed by atoms with E-state index in [2.05, 4.69) is 5.32 Å². The Morgan fingerprint density at radius 1 is 1.17 bits per heavy atom. The molecule has 0 saturated carbocycles. The third-order valence-corrected chi connectivity index (χ3v) is 3.55. The number of hydrogen-bond acceptors (Lipinski definition) is 2. The Labute approximate surface area is 107 Å². The monoisotopic (exact) mass is 271 g/mol. The molecule has 96 valence electrons. The Hall–Kier alpha value is -1.33. The number of nitrogens with one attached hydrogen (secondary N) is 1. The quantitative estimate of drug-likeness (QED) is 0.832. The van der Waals surface area contributed by atoms with Crippen LogP contribution in [0.2, 0.25) is 0 Å². The van der Waals surface area contributed by atoms with Gasteiger partial charge >= 0.3 is 0 Å². The van der Waals surface area contributed by atoms with Crippen molar-refractivity contribution < 1.29 is 13.2 Å². The Kier molecular flexibility index (Phi) is 4.04. The van der Waals surface area contributed by atoms with Gasteiger partial charge in [0.05, 0.1) is 6.04 Å². The van der Waals surface area contributed by atoms with Crippen LogP contribution in [-0.2, 0) is 0 Å². The van der Waals surface area contributed by atoms with Gasteiger partial charge in [0.2, 0.25) is 0 Å². The predicted molar refractivity (Wildman–Crippen MR) is 66.2 cm³/mol. The Bertz CT molecular complexity index is 525. The molecule has 1 unspecified atom stereocenters. The maximum Gasteiger partial charge on any atom is 0.194 e. The third-order valence-electron chi connectivity index (χ3n) is 2.61. The van der Waals surface area contributed by atoms with E-state index in [1.54, 1.807) is 0 Å². The lowest BCUT2D eigenvalue weighted by Crippen LogP contribution is -2.22. The molecule has 0 amide bonds. The zero-order valence-corrected chi connectivity index (χ0v) is 10.5. The van der Waals surface area contributed by atoms with E-state index in [1.165, 1.54) is 17.4 Å². The molecule has 0 aliphatic rings. The van der Waals surface area contributed by atoms with E-state index < -0.39 is 23.5 Å². The first-order valence-corrected chi connectivity index (χ1v) is 6.43. The summed E-state index contributed by atoms with van der Waals surface area (Å²) >= 11 is 1.44. The topological polar surface area (TPSA) is 12.0 Å². The van der Waals surface area contributed by atoms with Crippen LogP contribution in [0, 0.1) is 17.5 Å². The maximum absolute atomic E-state index is 13.8. The van der Waals surface area contributed by atoms with E-state index in [9.17, 15) is 13.2 Å². The molecular formula is C13H12F3NS. The van der Waals surface area contributed by atoms with Gasteiger partial charge in [0.15, 0.2) is 17.5 Å². The van der Waals surface area contributed by atoms with Crippen LogP contribution in [-0.4, -0.2) is 6.54 Å². The smallest absolute Gasteiger partial charge is 0.194 e. The molecule has 1 aromatic carbocycles. The van der Waals surface area contributed by atoms with Crippen molar-refractivity contribution in [2.75, 3.05) is 6.54 Å². The fourth-order valence-electron chi connectivity index (χ4n) is 1.79. The first-order chi connectivity index (χ1) is 8.65. The normalized spacial score (nSPS) is 12.7. The minimum Gasteiger partial charge on any atom is -0.306 e. The van der Waals surface area contributed by atoms with E-state index in [-0.39, 0.29) is 5.56 Å². The van der Waals surface area contributed by atoms with Gasteiger partial charge in [-0.05, 0) is 24.1 Å². The molecule has 0 aliphatic carbocycles. The van der Waals surface area contributed by atoms with Crippen LogP contribution in [0.3, 0.4) is 0 Å². The summed E-state index contributed by atoms with van der Waals surface area (Å²) in [5.41, 5.74) is 0.123. The molecule has 18 heavy (non-hydrogen) atoms. The molecule has 1 heterocycles. The van der Waals surface area contributed by atoms with E-state index in [0.29, 0.717) is 6.54 Å². The Balaban J connectivity index is 2.47. The van der Waals surface area contributed by atoms with Gasteiger partial charge in [-0.1, -0.05) is 19.1 Å². The van der Waals surface area contributed by atoms with Gasteiger partial charge in [0.25, 0.3) is 0 Å². The van der Waals surface area contributed by atoms with Gasteiger partial charge in [-0.3, -0.25) is 0 Å². The van der Waals surface area contributed by atoms with Crippen molar-refractivity contribution in [3.05, 3.63) is 57.5 Å². The molecule has 1 atom stereocenters. The summed E-state index contributed by atoms with van der Waals surface area (Å²) in [7, 11) is 0. The van der Waals surface area contributed by atoms with Crippen LogP contribution in [0.1, 0.15) is 23.4 Å². The van der Waals surface area contributed by atoms with Crippen LogP contribution >= 0.6 is 11.3 Å². The Morgan fingerprint density at radius 2 is 1.94 bits per heavy atom. The van der Waals surface area contributed by atoms with Crippen LogP contribution < -0.4 is 5.32 Å². The lowest BCUT2D eigenvalue weighted by molar-refractivity contribution is 0.434. The van der Waals surface area contributed by atoms with Crippen molar-refractivity contribution in [2.45, 2.75) is 13.0 Å². The Morgan fingerprint density at radius 3 is 2.56 bits per heavy atom. The van der Waals surface area contributed by atoms with E-state index in [1.807, 2.05) is 24.4 Å². The molecule has 1 N–H and O–H groups in total. The van der Waals surface area contributed by atoms with Gasteiger partial charge in [-0.25, -0.2) is 13.2 Å². The summed E-state index contributed by atoms with van der Waals surface area (Å²) in [5.74, 6) is -3.72. The number of halogens is 3. The van der Waals surface area contributed by atoms with Gasteiger partial charge in [-0.2, -0.15) is 0 Å². The van der Waals surface area contributed by atoms with Crippen molar-refractivity contribution in [2.24, 2.45) is 0 Å². The minimum atomic E-state index is -1.42. The van der Waals surface area contributed by atoms with Crippen molar-refractivity contribution in [1.82, 2.24) is 5.32 Å². The first-order valence-electron chi connectivity index (χ1n) is 5.55. The number of hydrogen-bond donors (Lipinski definition) is 1. The van der Waals surface area contributed by atoms with E-state index in [0.717, 1.165) is 10.9 Å². The number of rotatable bonds is 4. The summed E-state index contributed by atoms with van der Waals surface area (Å²) in [5, 5.41) is 4.93. The second-order valence-corrected chi connectivity index (χ2v) is 4.75. The molecule has 5 heteroatoms. The third kappa shape index (κ3) is 2.42. The SMILES string of the molecule is CCNC(c1cccs1)c1ccc(F)c(F)c1F. The highest BCUT2D eigenvalue weighted by Crippen LogP contribution is 2.29. The molecule has 0 bridgehead atoms. The molecule has 0 saturated heterocycles. The predicted octanol–water partition coefficient (Wildman–Crippen LogP) is 3.86. The highest BCUT2D eigenvalue weighted by atomic mass is 32.1. The molecular weight excluding hydrogens is 259 g/mol. The van der Waals surface area contributed by atoms with Crippen LogP contribution in [0.15, 0.2) is 29.6 Å². The summed E-state index contributed by atoms with van der Waals surface area (Å²) in [4.78, 5) is 0.863. The zero-order valence-electron chi connectivity index (χ0n) is 9.71. The fourth-order valence-corrected chi connectivity index (χ4v) is 2.61. The average molecular weight is 271 g/mol. The molecule has 0 radical (unpaired) electrons. The van der Waals surface area contributed by atoms with Crippen molar-refractivity contribution in [3.8, 4) is 0 Å². The minimum absolute atomic E-state index is 0.123. The van der Waals surface area contributed by atoms with Crippen LogP contribution in [0.25, 0.3) is 0 Å². The fraction of sp³-hybridized carbons (Fsp3) is 0.231. The van der Waals surface area contributed by atoms with Gasteiger partial charge in [-0.15, -0.1) is 11.3 Å². The van der Waals surface area contributed by atoms with E-state index in [4.69, 9.17) is 0 Å². The molecule has 2 rings (SSSR count). The van der Waals surface area contributed by atoms with E-state index >= 15 is 0 Å². The molecule has 0 spiro atoms. The highest BCUT2D eigenvalue weighted by molar-refractivity contribution is 7.10. The van der Waals surface area contributed by atoms with Crippen LogP contribution in [0.5, 0.6) is 0 Å². The van der Waals surface area contributed by atoms with Gasteiger partial charge in [0, 0.05) is 10.4 Å². The summed E-state index contributed by atoms with van der Waals surface area (Å²) < 4.78 is 40.0. The van der Waals surface area contributed by atoms with Crippen molar-refractivity contribution in [1.29, 1.82) is 0 Å². The number of benzene rings is 1. The van der Waals surface area contributed by atoms with Gasteiger partial charge < -0.3 is 5.32 Å². The summed E-state index contributed by atoms with van der Waals surface area (Å²) in [6, 6.07) is 5.44. The summed E-state index contributed by atoms with van der Waals surface area (Å²) in [6.07, 6.45) is 0. The largest absolute Gasteiger partial charge is 0.306 e. The highest BCUT2D eigenvalue weighted by Gasteiger charge is 2.22.